The Hall–Kier alpha value is -0.380. The average Bonchev–Trinajstić information content (AvgIpc) is 2.84. The topological polar surface area (TPSA) is 15.3 Å². The average molecular weight is 280 g/mol. The van der Waals surface area contributed by atoms with Crippen molar-refractivity contribution in [3.05, 3.63) is 22.4 Å². The third-order valence-electron chi connectivity index (χ3n) is 4.28. The highest BCUT2D eigenvalue weighted by molar-refractivity contribution is 7.10. The molecule has 2 heterocycles. The minimum absolute atomic E-state index is 0.568. The maximum absolute atomic E-state index is 3.70. The first-order chi connectivity index (χ1) is 9.00. The highest BCUT2D eigenvalue weighted by atomic mass is 32.1. The van der Waals surface area contributed by atoms with Crippen molar-refractivity contribution in [1.82, 2.24) is 10.2 Å². The Labute approximate surface area is 122 Å². The van der Waals surface area contributed by atoms with Crippen LogP contribution in [0, 0.1) is 11.8 Å². The van der Waals surface area contributed by atoms with E-state index in [0.29, 0.717) is 30.0 Å². The molecule has 0 amide bonds. The van der Waals surface area contributed by atoms with Crippen LogP contribution in [0.1, 0.15) is 45.5 Å². The lowest BCUT2D eigenvalue weighted by atomic mass is 9.93. The van der Waals surface area contributed by atoms with E-state index < -0.39 is 0 Å². The van der Waals surface area contributed by atoms with Gasteiger partial charge in [-0.05, 0) is 30.2 Å². The molecule has 19 heavy (non-hydrogen) atoms. The Morgan fingerprint density at radius 3 is 2.58 bits per heavy atom. The van der Waals surface area contributed by atoms with Crippen molar-refractivity contribution in [2.24, 2.45) is 11.8 Å². The highest BCUT2D eigenvalue weighted by Gasteiger charge is 2.34. The van der Waals surface area contributed by atoms with Crippen LogP contribution in [0.3, 0.4) is 0 Å². The minimum atomic E-state index is 0.568. The maximum atomic E-state index is 3.70. The van der Waals surface area contributed by atoms with Crippen molar-refractivity contribution >= 4 is 11.3 Å². The molecule has 1 aliphatic heterocycles. The van der Waals surface area contributed by atoms with Gasteiger partial charge in [-0.15, -0.1) is 11.3 Å². The Balaban J connectivity index is 2.19. The first-order valence-corrected chi connectivity index (χ1v) is 8.41. The standard InChI is InChI=1S/C16H28N2S/c1-11(2)14-10-18(13(5)9-17-14)16(12(3)4)15-7-6-8-19-15/h6-8,11-14,16-17H,9-10H2,1-5H3. The largest absolute Gasteiger partial charge is 0.311 e. The fourth-order valence-electron chi connectivity index (χ4n) is 3.08. The SMILES string of the molecule is CC(C)C1CN(C(c2cccs2)C(C)C)C(C)CN1. The molecular weight excluding hydrogens is 252 g/mol. The van der Waals surface area contributed by atoms with E-state index in [1.807, 2.05) is 11.3 Å². The Bertz CT molecular complexity index is 372. The van der Waals surface area contributed by atoms with Crippen LogP contribution in [-0.4, -0.2) is 30.1 Å². The quantitative estimate of drug-likeness (QED) is 0.903. The molecule has 2 rings (SSSR count). The summed E-state index contributed by atoms with van der Waals surface area (Å²) in [5, 5.41) is 5.90. The fraction of sp³-hybridized carbons (Fsp3) is 0.750. The summed E-state index contributed by atoms with van der Waals surface area (Å²) >= 11 is 1.90. The second kappa shape index (κ2) is 6.38. The van der Waals surface area contributed by atoms with E-state index in [1.165, 1.54) is 11.4 Å². The van der Waals surface area contributed by atoms with Gasteiger partial charge >= 0.3 is 0 Å². The Morgan fingerprint density at radius 1 is 1.32 bits per heavy atom. The van der Waals surface area contributed by atoms with E-state index in [2.05, 4.69) is 62.3 Å². The monoisotopic (exact) mass is 280 g/mol. The first-order valence-electron chi connectivity index (χ1n) is 7.53. The van der Waals surface area contributed by atoms with Crippen molar-refractivity contribution in [3.8, 4) is 0 Å². The summed E-state index contributed by atoms with van der Waals surface area (Å²) in [4.78, 5) is 4.24. The predicted molar refractivity (Wildman–Crippen MR) is 84.7 cm³/mol. The van der Waals surface area contributed by atoms with E-state index in [0.717, 1.165) is 6.54 Å². The molecule has 108 valence electrons. The molecule has 0 spiro atoms. The van der Waals surface area contributed by atoms with Gasteiger partial charge in [-0.3, -0.25) is 4.90 Å². The zero-order valence-corrected chi connectivity index (χ0v) is 13.7. The molecule has 3 heteroatoms. The van der Waals surface area contributed by atoms with Gasteiger partial charge in [0.25, 0.3) is 0 Å². The second-order valence-electron chi connectivity index (χ2n) is 6.51. The van der Waals surface area contributed by atoms with Gasteiger partial charge in [-0.25, -0.2) is 0 Å². The summed E-state index contributed by atoms with van der Waals surface area (Å²) in [5.41, 5.74) is 0. The molecule has 1 N–H and O–H groups in total. The van der Waals surface area contributed by atoms with E-state index in [1.54, 1.807) is 0 Å². The lowest BCUT2D eigenvalue weighted by Gasteiger charge is -2.45. The maximum Gasteiger partial charge on any atom is 0.0468 e. The number of hydrogen-bond acceptors (Lipinski definition) is 3. The zero-order valence-electron chi connectivity index (χ0n) is 12.9. The van der Waals surface area contributed by atoms with Crippen LogP contribution in [0.25, 0.3) is 0 Å². The van der Waals surface area contributed by atoms with Gasteiger partial charge in [0, 0.05) is 36.1 Å². The van der Waals surface area contributed by atoms with Gasteiger partial charge in [-0.1, -0.05) is 33.8 Å². The zero-order chi connectivity index (χ0) is 14.0. The third kappa shape index (κ3) is 3.39. The van der Waals surface area contributed by atoms with Crippen LogP contribution < -0.4 is 5.32 Å². The lowest BCUT2D eigenvalue weighted by Crippen LogP contribution is -2.58. The highest BCUT2D eigenvalue weighted by Crippen LogP contribution is 2.34. The van der Waals surface area contributed by atoms with Crippen LogP contribution in [0.5, 0.6) is 0 Å². The summed E-state index contributed by atoms with van der Waals surface area (Å²) in [7, 11) is 0. The molecule has 1 aromatic heterocycles. The van der Waals surface area contributed by atoms with Crippen LogP contribution in [0.2, 0.25) is 0 Å². The van der Waals surface area contributed by atoms with E-state index in [9.17, 15) is 0 Å². The molecule has 0 aromatic carbocycles. The summed E-state index contributed by atoms with van der Waals surface area (Å²) in [6, 6.07) is 6.29. The van der Waals surface area contributed by atoms with Crippen molar-refractivity contribution < 1.29 is 0 Å². The van der Waals surface area contributed by atoms with Crippen molar-refractivity contribution in [3.63, 3.8) is 0 Å². The molecule has 1 fully saturated rings. The van der Waals surface area contributed by atoms with Crippen LogP contribution >= 0.6 is 11.3 Å². The normalized spacial score (nSPS) is 27.1. The predicted octanol–water partition coefficient (Wildman–Crippen LogP) is 3.76. The van der Waals surface area contributed by atoms with Crippen LogP contribution in [-0.2, 0) is 0 Å². The van der Waals surface area contributed by atoms with Gasteiger partial charge in [0.15, 0.2) is 0 Å². The number of nitrogens with one attached hydrogen (secondary N) is 1. The van der Waals surface area contributed by atoms with Crippen molar-refractivity contribution in [1.29, 1.82) is 0 Å². The molecule has 2 nitrogen and oxygen atoms in total. The van der Waals surface area contributed by atoms with Gasteiger partial charge in [-0.2, -0.15) is 0 Å². The third-order valence-corrected chi connectivity index (χ3v) is 5.22. The Morgan fingerprint density at radius 2 is 2.05 bits per heavy atom. The number of thiophene rings is 1. The minimum Gasteiger partial charge on any atom is -0.311 e. The van der Waals surface area contributed by atoms with Crippen LogP contribution in [0.4, 0.5) is 0 Å². The van der Waals surface area contributed by atoms with Crippen molar-refractivity contribution in [2.75, 3.05) is 13.1 Å². The molecule has 1 aliphatic rings. The number of hydrogen-bond donors (Lipinski definition) is 1. The van der Waals surface area contributed by atoms with Gasteiger partial charge in [0.05, 0.1) is 0 Å². The van der Waals surface area contributed by atoms with E-state index in [-0.39, 0.29) is 0 Å². The summed E-state index contributed by atoms with van der Waals surface area (Å²) in [6.45, 7) is 14.0. The molecule has 1 aromatic rings. The Kier molecular flexibility index (Phi) is 5.04. The number of nitrogens with zero attached hydrogens (tertiary/aromatic N) is 1. The summed E-state index contributed by atoms with van der Waals surface area (Å²) in [6.07, 6.45) is 0. The molecule has 0 radical (unpaired) electrons. The molecule has 0 aliphatic carbocycles. The molecule has 1 saturated heterocycles. The number of piperazine rings is 1. The molecule has 0 saturated carbocycles. The van der Waals surface area contributed by atoms with E-state index in [4.69, 9.17) is 0 Å². The fourth-order valence-corrected chi connectivity index (χ4v) is 4.10. The number of rotatable bonds is 4. The van der Waals surface area contributed by atoms with Gasteiger partial charge in [0.1, 0.15) is 0 Å². The van der Waals surface area contributed by atoms with Crippen molar-refractivity contribution in [2.45, 2.75) is 52.7 Å². The molecule has 3 atom stereocenters. The lowest BCUT2D eigenvalue weighted by molar-refractivity contribution is 0.0573. The molecule has 0 bridgehead atoms. The van der Waals surface area contributed by atoms with Crippen LogP contribution in [0.15, 0.2) is 17.5 Å². The second-order valence-corrected chi connectivity index (χ2v) is 7.49. The van der Waals surface area contributed by atoms with E-state index >= 15 is 0 Å². The molecular formula is C16H28N2S. The van der Waals surface area contributed by atoms with Gasteiger partial charge in [0.2, 0.25) is 0 Å². The summed E-state index contributed by atoms with van der Waals surface area (Å²) < 4.78 is 0. The molecule has 3 unspecified atom stereocenters. The first kappa shape index (κ1) is 15.0. The smallest absolute Gasteiger partial charge is 0.0468 e. The summed E-state index contributed by atoms with van der Waals surface area (Å²) in [5.74, 6) is 1.36. The van der Waals surface area contributed by atoms with Gasteiger partial charge < -0.3 is 5.32 Å².